The molecule has 2 N–H and O–H groups in total. The largest absolute Gasteiger partial charge is 0.463 e. The molecule has 0 bridgehead atoms. The Morgan fingerprint density at radius 2 is 1.92 bits per heavy atom. The maximum absolute atomic E-state index is 14.1. The Morgan fingerprint density at radius 3 is 2.44 bits per heavy atom. The van der Waals surface area contributed by atoms with Gasteiger partial charge in [-0.1, -0.05) is 0 Å². The van der Waals surface area contributed by atoms with E-state index in [2.05, 4.69) is 0 Å². The Labute approximate surface area is 144 Å². The Morgan fingerprint density at radius 1 is 1.24 bits per heavy atom. The zero-order valence-corrected chi connectivity index (χ0v) is 14.3. The van der Waals surface area contributed by atoms with Crippen LogP contribution in [0.15, 0.2) is 18.2 Å². The minimum Gasteiger partial charge on any atom is -0.463 e. The second kappa shape index (κ2) is 9.92. The van der Waals surface area contributed by atoms with Crippen molar-refractivity contribution in [3.8, 4) is 5.75 Å². The van der Waals surface area contributed by atoms with E-state index in [-0.39, 0.29) is 31.2 Å². The van der Waals surface area contributed by atoms with Crippen molar-refractivity contribution in [1.29, 1.82) is 0 Å². The van der Waals surface area contributed by atoms with Crippen LogP contribution in [0.3, 0.4) is 0 Å². The van der Waals surface area contributed by atoms with Gasteiger partial charge in [0.25, 0.3) is 0 Å². The first-order valence-electron chi connectivity index (χ1n) is 7.60. The van der Waals surface area contributed by atoms with Gasteiger partial charge in [-0.15, -0.1) is 0 Å². The van der Waals surface area contributed by atoms with Gasteiger partial charge in [-0.3, -0.25) is 9.59 Å². The number of aliphatic hydroxyl groups is 2. The number of carbonyl (C=O) groups is 2. The summed E-state index contributed by atoms with van der Waals surface area (Å²) >= 11 is 0. The third kappa shape index (κ3) is 7.04. The normalized spacial score (nSPS) is 13.0. The van der Waals surface area contributed by atoms with Crippen molar-refractivity contribution in [3.63, 3.8) is 0 Å². The second-order valence-corrected chi connectivity index (χ2v) is 5.10. The summed E-state index contributed by atoms with van der Waals surface area (Å²) in [6.07, 6.45) is -2.61. The van der Waals surface area contributed by atoms with E-state index in [4.69, 9.17) is 14.2 Å². The Balaban J connectivity index is 2.97. The van der Waals surface area contributed by atoms with Gasteiger partial charge in [0, 0.05) is 32.2 Å². The van der Waals surface area contributed by atoms with Crippen molar-refractivity contribution in [2.45, 2.75) is 33.3 Å². The number of halogens is 1. The first kappa shape index (κ1) is 20.8. The highest BCUT2D eigenvalue weighted by atomic mass is 19.1. The van der Waals surface area contributed by atoms with E-state index in [1.807, 2.05) is 0 Å². The van der Waals surface area contributed by atoms with Gasteiger partial charge in [0.1, 0.15) is 12.7 Å². The molecule has 0 spiro atoms. The van der Waals surface area contributed by atoms with Crippen LogP contribution in [0.4, 0.5) is 10.1 Å². The molecule has 25 heavy (non-hydrogen) atoms. The topological polar surface area (TPSA) is 106 Å². The molecule has 1 unspecified atom stereocenters. The Hall–Kier alpha value is -2.23. The lowest BCUT2D eigenvalue weighted by Crippen LogP contribution is -2.43. The molecule has 0 heterocycles. The van der Waals surface area contributed by atoms with Crippen LogP contribution >= 0.6 is 0 Å². The number of hydrogen-bond acceptors (Lipinski definition) is 8. The van der Waals surface area contributed by atoms with E-state index < -0.39 is 30.3 Å². The third-order valence-corrected chi connectivity index (χ3v) is 2.97. The molecule has 1 aromatic carbocycles. The van der Waals surface area contributed by atoms with Crippen molar-refractivity contribution < 1.29 is 38.4 Å². The fourth-order valence-electron chi connectivity index (χ4n) is 1.96. The van der Waals surface area contributed by atoms with Crippen molar-refractivity contribution in [1.82, 2.24) is 0 Å². The first-order chi connectivity index (χ1) is 11.7. The second-order valence-electron chi connectivity index (χ2n) is 5.10. The maximum atomic E-state index is 14.1. The van der Waals surface area contributed by atoms with Gasteiger partial charge in [0.15, 0.2) is 11.6 Å². The average Bonchev–Trinajstić information content (AvgIpc) is 2.52. The van der Waals surface area contributed by atoms with Gasteiger partial charge in [-0.05, 0) is 19.1 Å². The maximum Gasteiger partial charge on any atom is 0.308 e. The van der Waals surface area contributed by atoms with Crippen LogP contribution in [0, 0.1) is 5.82 Å². The number of esters is 2. The summed E-state index contributed by atoms with van der Waals surface area (Å²) in [5.41, 5.74) is 0.177. The van der Waals surface area contributed by atoms with E-state index in [1.54, 1.807) is 6.92 Å². The fraction of sp³-hybridized carbons (Fsp3) is 0.500. The van der Waals surface area contributed by atoms with Gasteiger partial charge in [0.2, 0.25) is 6.41 Å². The Bertz CT molecular complexity index is 596. The van der Waals surface area contributed by atoms with Gasteiger partial charge in [0.05, 0.1) is 6.54 Å². The van der Waals surface area contributed by atoms with E-state index in [1.165, 1.54) is 24.0 Å². The van der Waals surface area contributed by atoms with Crippen LogP contribution in [0.2, 0.25) is 0 Å². The van der Waals surface area contributed by atoms with Crippen LogP contribution < -0.4 is 9.64 Å². The molecular formula is C16H22FNO7. The summed E-state index contributed by atoms with van der Waals surface area (Å²) in [6.45, 7) is 3.68. The molecule has 9 heteroatoms. The van der Waals surface area contributed by atoms with Crippen LogP contribution in [-0.4, -0.2) is 54.4 Å². The monoisotopic (exact) mass is 359 g/mol. The van der Waals surface area contributed by atoms with Crippen molar-refractivity contribution in [2.24, 2.45) is 0 Å². The SMILES string of the molecule is CCOC(O)N(C[C@@H](O)COC(C)=O)c1ccc(OC(C)=O)c(F)c1. The number of nitrogens with zero attached hydrogens (tertiary/aromatic N) is 1. The van der Waals surface area contributed by atoms with E-state index in [9.17, 15) is 24.2 Å². The zero-order valence-electron chi connectivity index (χ0n) is 14.3. The molecule has 1 rings (SSSR count). The summed E-state index contributed by atoms with van der Waals surface area (Å²) in [5, 5.41) is 20.0. The molecule has 140 valence electrons. The minimum absolute atomic E-state index is 0.172. The van der Waals surface area contributed by atoms with E-state index >= 15 is 0 Å². The van der Waals surface area contributed by atoms with Crippen LogP contribution in [0.1, 0.15) is 20.8 Å². The molecule has 0 saturated heterocycles. The molecule has 0 amide bonds. The highest BCUT2D eigenvalue weighted by molar-refractivity contribution is 5.69. The van der Waals surface area contributed by atoms with Gasteiger partial charge < -0.3 is 29.3 Å². The lowest BCUT2D eigenvalue weighted by Gasteiger charge is -2.31. The summed E-state index contributed by atoms with van der Waals surface area (Å²) < 4.78 is 28.5. The van der Waals surface area contributed by atoms with Gasteiger partial charge >= 0.3 is 11.9 Å². The molecule has 1 aromatic rings. The van der Waals surface area contributed by atoms with Gasteiger partial charge in [-0.25, -0.2) is 4.39 Å². The lowest BCUT2D eigenvalue weighted by molar-refractivity contribution is -0.144. The number of ether oxygens (including phenoxy) is 3. The molecular weight excluding hydrogens is 337 g/mol. The molecule has 0 aliphatic carbocycles. The molecule has 8 nitrogen and oxygen atoms in total. The molecule has 0 saturated carbocycles. The molecule has 0 fully saturated rings. The average molecular weight is 359 g/mol. The number of hydrogen-bond donors (Lipinski definition) is 2. The summed E-state index contributed by atoms with van der Waals surface area (Å²) in [5.74, 6) is -2.32. The number of rotatable bonds is 9. The summed E-state index contributed by atoms with van der Waals surface area (Å²) in [7, 11) is 0. The van der Waals surface area contributed by atoms with E-state index in [0.29, 0.717) is 0 Å². The fourth-order valence-corrected chi connectivity index (χ4v) is 1.96. The van der Waals surface area contributed by atoms with E-state index in [0.717, 1.165) is 13.0 Å². The number of anilines is 1. The smallest absolute Gasteiger partial charge is 0.308 e. The lowest BCUT2D eigenvalue weighted by atomic mass is 10.2. The highest BCUT2D eigenvalue weighted by Crippen LogP contribution is 2.25. The molecule has 0 aromatic heterocycles. The van der Waals surface area contributed by atoms with Crippen LogP contribution in [0.25, 0.3) is 0 Å². The molecule has 0 aliphatic heterocycles. The highest BCUT2D eigenvalue weighted by Gasteiger charge is 2.22. The first-order valence-corrected chi connectivity index (χ1v) is 7.60. The number of aliphatic hydroxyl groups excluding tert-OH is 2. The molecule has 0 radical (unpaired) electrons. The third-order valence-electron chi connectivity index (χ3n) is 2.97. The molecule has 0 aliphatic rings. The summed E-state index contributed by atoms with van der Waals surface area (Å²) in [4.78, 5) is 22.9. The number of benzene rings is 1. The predicted octanol–water partition coefficient (Wildman–Crippen LogP) is 0.794. The van der Waals surface area contributed by atoms with Crippen molar-refractivity contribution >= 4 is 17.6 Å². The van der Waals surface area contributed by atoms with Crippen molar-refractivity contribution in [3.05, 3.63) is 24.0 Å². The quantitative estimate of drug-likeness (QED) is 0.379. The predicted molar refractivity (Wildman–Crippen MR) is 85.3 cm³/mol. The number of carbonyl (C=O) groups excluding carboxylic acids is 2. The zero-order chi connectivity index (χ0) is 19.0. The van der Waals surface area contributed by atoms with Gasteiger partial charge in [-0.2, -0.15) is 0 Å². The Kier molecular flexibility index (Phi) is 8.26. The van der Waals surface area contributed by atoms with Crippen LogP contribution in [0.5, 0.6) is 5.75 Å². The summed E-state index contributed by atoms with van der Waals surface area (Å²) in [6, 6.07) is 3.64. The minimum atomic E-state index is -1.46. The van der Waals surface area contributed by atoms with Crippen LogP contribution in [-0.2, 0) is 19.1 Å². The van der Waals surface area contributed by atoms with Crippen molar-refractivity contribution in [2.75, 3.05) is 24.7 Å². The standard InChI is InChI=1S/C16H22FNO7/c1-4-23-16(22)18(8-13(21)9-24-10(2)19)12-5-6-15(14(17)7-12)25-11(3)20/h5-7,13,16,21-22H,4,8-9H2,1-3H3/t13-,16?/m1/s1. The molecule has 2 atom stereocenters.